The largest absolute Gasteiger partial charge is 0.497 e. The highest BCUT2D eigenvalue weighted by molar-refractivity contribution is 5.94. The van der Waals surface area contributed by atoms with E-state index in [9.17, 15) is 9.59 Å². The van der Waals surface area contributed by atoms with Gasteiger partial charge in [0.1, 0.15) is 5.75 Å². The molecular weight excluding hydrogens is 322 g/mol. The number of benzene rings is 1. The summed E-state index contributed by atoms with van der Waals surface area (Å²) < 4.78 is 15.5. The lowest BCUT2D eigenvalue weighted by molar-refractivity contribution is -0.145. The number of amides is 1. The van der Waals surface area contributed by atoms with E-state index < -0.39 is 5.92 Å². The van der Waals surface area contributed by atoms with Crippen LogP contribution in [0.5, 0.6) is 5.75 Å². The first-order valence-electron chi connectivity index (χ1n) is 8.51. The van der Waals surface area contributed by atoms with Crippen LogP contribution in [-0.4, -0.2) is 56.8 Å². The van der Waals surface area contributed by atoms with Gasteiger partial charge in [-0.05, 0) is 38.5 Å². The topological polar surface area (TPSA) is 65.1 Å². The van der Waals surface area contributed by atoms with E-state index in [4.69, 9.17) is 14.2 Å². The molecule has 1 unspecified atom stereocenters. The molecule has 0 aliphatic heterocycles. The normalized spacial score (nSPS) is 11.9. The summed E-state index contributed by atoms with van der Waals surface area (Å²) in [5, 5.41) is 0. The van der Waals surface area contributed by atoms with Crippen LogP contribution in [0.3, 0.4) is 0 Å². The number of esters is 1. The summed E-state index contributed by atoms with van der Waals surface area (Å²) in [6.07, 6.45) is 0.846. The van der Waals surface area contributed by atoms with Crippen molar-refractivity contribution in [1.82, 2.24) is 4.90 Å². The Morgan fingerprint density at radius 1 is 1.16 bits per heavy atom. The molecule has 1 rings (SSSR count). The van der Waals surface area contributed by atoms with Gasteiger partial charge < -0.3 is 19.1 Å². The maximum atomic E-state index is 12.9. The fourth-order valence-corrected chi connectivity index (χ4v) is 2.40. The fraction of sp³-hybridized carbons (Fsp3) is 0.579. The van der Waals surface area contributed by atoms with Gasteiger partial charge in [-0.2, -0.15) is 0 Å². The quantitative estimate of drug-likeness (QED) is 0.479. The fourth-order valence-electron chi connectivity index (χ4n) is 2.40. The molecular formula is C19H29NO5. The zero-order valence-corrected chi connectivity index (χ0v) is 15.8. The molecule has 1 atom stereocenters. The van der Waals surface area contributed by atoms with Crippen molar-refractivity contribution in [2.45, 2.75) is 33.3 Å². The molecule has 0 saturated carbocycles. The Morgan fingerprint density at radius 2 is 1.88 bits per heavy atom. The summed E-state index contributed by atoms with van der Waals surface area (Å²) in [4.78, 5) is 26.3. The van der Waals surface area contributed by atoms with E-state index in [0.29, 0.717) is 37.4 Å². The minimum Gasteiger partial charge on any atom is -0.497 e. The van der Waals surface area contributed by atoms with Crippen LogP contribution in [0.2, 0.25) is 0 Å². The number of nitrogens with zero attached hydrogens (tertiary/aromatic N) is 1. The highest BCUT2D eigenvalue weighted by Crippen LogP contribution is 2.16. The highest BCUT2D eigenvalue weighted by atomic mass is 16.5. The van der Waals surface area contributed by atoms with Crippen molar-refractivity contribution in [3.8, 4) is 5.75 Å². The van der Waals surface area contributed by atoms with Crippen LogP contribution in [0.15, 0.2) is 24.3 Å². The molecule has 0 aromatic heterocycles. The van der Waals surface area contributed by atoms with Crippen LogP contribution in [0, 0.1) is 5.92 Å². The first-order chi connectivity index (χ1) is 11.9. The van der Waals surface area contributed by atoms with Gasteiger partial charge in [0.15, 0.2) is 0 Å². The van der Waals surface area contributed by atoms with Crippen LogP contribution in [-0.2, 0) is 14.3 Å². The van der Waals surface area contributed by atoms with E-state index in [1.54, 1.807) is 43.2 Å². The number of ether oxygens (including phenoxy) is 3. The molecule has 0 spiro atoms. The van der Waals surface area contributed by atoms with Crippen LogP contribution in [0.25, 0.3) is 0 Å². The lowest BCUT2D eigenvalue weighted by atomic mass is 10.1. The summed E-state index contributed by atoms with van der Waals surface area (Å²) in [7, 11) is 2.91. The number of hydrogen-bond acceptors (Lipinski definition) is 5. The van der Waals surface area contributed by atoms with Gasteiger partial charge in [0.2, 0.25) is 0 Å². The molecule has 0 radical (unpaired) electrons. The summed E-state index contributed by atoms with van der Waals surface area (Å²) in [6, 6.07) is 7.00. The number of methoxy groups -OCH3 is 2. The van der Waals surface area contributed by atoms with E-state index in [2.05, 4.69) is 0 Å². The lowest BCUT2D eigenvalue weighted by Crippen LogP contribution is -2.38. The van der Waals surface area contributed by atoms with Crippen molar-refractivity contribution in [3.05, 3.63) is 29.8 Å². The van der Waals surface area contributed by atoms with E-state index in [1.165, 1.54) is 7.11 Å². The van der Waals surface area contributed by atoms with E-state index in [-0.39, 0.29) is 18.0 Å². The summed E-state index contributed by atoms with van der Waals surface area (Å²) in [5.41, 5.74) is 0.529. The Hall–Kier alpha value is -2.08. The molecule has 1 aromatic rings. The predicted molar refractivity (Wildman–Crippen MR) is 95.8 cm³/mol. The van der Waals surface area contributed by atoms with Gasteiger partial charge in [0, 0.05) is 25.3 Å². The predicted octanol–water partition coefficient (Wildman–Crippen LogP) is 2.76. The third-order valence-corrected chi connectivity index (χ3v) is 3.73. The van der Waals surface area contributed by atoms with Gasteiger partial charge in [0.05, 0.1) is 26.2 Å². The second-order valence-corrected chi connectivity index (χ2v) is 6.18. The minimum absolute atomic E-state index is 0.140. The molecule has 140 valence electrons. The molecule has 0 N–H and O–H groups in total. The van der Waals surface area contributed by atoms with Gasteiger partial charge in [0.25, 0.3) is 5.91 Å². The van der Waals surface area contributed by atoms with Crippen molar-refractivity contribution in [2.75, 3.05) is 33.9 Å². The van der Waals surface area contributed by atoms with E-state index in [0.717, 1.165) is 0 Å². The molecule has 1 aromatic carbocycles. The molecule has 0 aliphatic carbocycles. The van der Waals surface area contributed by atoms with Crippen LogP contribution in [0.1, 0.15) is 37.6 Å². The second-order valence-electron chi connectivity index (χ2n) is 6.18. The zero-order chi connectivity index (χ0) is 18.8. The number of hydrogen-bond donors (Lipinski definition) is 0. The molecule has 0 heterocycles. The standard InChI is InChI=1S/C19H29NO5/c1-14(2)25-11-7-10-20(13-15(3)19(22)24-5)18(21)16-8-6-9-17(12-16)23-4/h6,8-9,12,14-15H,7,10-11,13H2,1-5H3. The number of rotatable bonds is 10. The average Bonchev–Trinajstić information content (AvgIpc) is 2.62. The summed E-state index contributed by atoms with van der Waals surface area (Å²) >= 11 is 0. The molecule has 0 bridgehead atoms. The smallest absolute Gasteiger partial charge is 0.310 e. The van der Waals surface area contributed by atoms with Crippen LogP contribution >= 0.6 is 0 Å². The number of carbonyl (C=O) groups is 2. The Bertz CT molecular complexity index is 559. The maximum absolute atomic E-state index is 12.9. The molecule has 0 fully saturated rings. The molecule has 0 aliphatic rings. The molecule has 0 saturated heterocycles. The Morgan fingerprint density at radius 3 is 2.48 bits per heavy atom. The SMILES string of the molecule is COC(=O)C(C)CN(CCCOC(C)C)C(=O)c1cccc(OC)c1. The third kappa shape index (κ3) is 7.13. The molecule has 1 amide bonds. The van der Waals surface area contributed by atoms with Crippen LogP contribution < -0.4 is 4.74 Å². The maximum Gasteiger partial charge on any atom is 0.310 e. The Labute approximate surface area is 150 Å². The van der Waals surface area contributed by atoms with Crippen molar-refractivity contribution in [1.29, 1.82) is 0 Å². The Kier molecular flexibility index (Phi) is 8.99. The van der Waals surface area contributed by atoms with Gasteiger partial charge in [-0.15, -0.1) is 0 Å². The van der Waals surface area contributed by atoms with E-state index >= 15 is 0 Å². The van der Waals surface area contributed by atoms with Gasteiger partial charge in [-0.3, -0.25) is 9.59 Å². The first-order valence-corrected chi connectivity index (χ1v) is 8.51. The lowest BCUT2D eigenvalue weighted by Gasteiger charge is -2.25. The van der Waals surface area contributed by atoms with Gasteiger partial charge >= 0.3 is 5.97 Å². The molecule has 6 heteroatoms. The highest BCUT2D eigenvalue weighted by Gasteiger charge is 2.22. The first kappa shape index (κ1) is 21.0. The number of carbonyl (C=O) groups excluding carboxylic acids is 2. The minimum atomic E-state index is -0.398. The third-order valence-electron chi connectivity index (χ3n) is 3.73. The van der Waals surface area contributed by atoms with E-state index in [1.807, 2.05) is 13.8 Å². The van der Waals surface area contributed by atoms with Gasteiger partial charge in [-0.25, -0.2) is 0 Å². The van der Waals surface area contributed by atoms with Crippen molar-refractivity contribution >= 4 is 11.9 Å². The summed E-state index contributed by atoms with van der Waals surface area (Å²) in [6.45, 7) is 7.06. The van der Waals surface area contributed by atoms with Gasteiger partial charge in [-0.1, -0.05) is 13.0 Å². The second kappa shape index (κ2) is 10.7. The molecule has 6 nitrogen and oxygen atoms in total. The monoisotopic (exact) mass is 351 g/mol. The average molecular weight is 351 g/mol. The summed E-state index contributed by atoms with van der Waals surface area (Å²) in [5.74, 6) is -0.249. The van der Waals surface area contributed by atoms with Crippen molar-refractivity contribution in [2.24, 2.45) is 5.92 Å². The molecule has 25 heavy (non-hydrogen) atoms. The van der Waals surface area contributed by atoms with Crippen molar-refractivity contribution in [3.63, 3.8) is 0 Å². The Balaban J connectivity index is 2.83. The van der Waals surface area contributed by atoms with Crippen molar-refractivity contribution < 1.29 is 23.8 Å². The zero-order valence-electron chi connectivity index (χ0n) is 15.8. The van der Waals surface area contributed by atoms with Crippen LogP contribution in [0.4, 0.5) is 0 Å².